The molecule has 9 heteroatoms. The van der Waals surface area contributed by atoms with Gasteiger partial charge in [0.1, 0.15) is 18.4 Å². The van der Waals surface area contributed by atoms with Gasteiger partial charge in [-0.05, 0) is 69.2 Å². The van der Waals surface area contributed by atoms with Crippen molar-refractivity contribution in [3.8, 4) is 0 Å². The quantitative estimate of drug-likeness (QED) is 0.410. The number of hydrogen-bond acceptors (Lipinski definition) is 4. The van der Waals surface area contributed by atoms with Crippen LogP contribution < -0.4 is 9.62 Å². The van der Waals surface area contributed by atoms with E-state index in [2.05, 4.69) is 5.32 Å². The van der Waals surface area contributed by atoms with E-state index in [0.717, 1.165) is 22.0 Å². The number of amides is 2. The van der Waals surface area contributed by atoms with Gasteiger partial charge in [0.05, 0.1) is 10.6 Å². The molecular weight excluding hydrogens is 493 g/mol. The van der Waals surface area contributed by atoms with Gasteiger partial charge in [0.15, 0.2) is 0 Å². The fourth-order valence-electron chi connectivity index (χ4n) is 3.83. The lowest BCUT2D eigenvalue weighted by Crippen LogP contribution is -2.53. The van der Waals surface area contributed by atoms with E-state index in [0.29, 0.717) is 6.42 Å². The summed E-state index contributed by atoms with van der Waals surface area (Å²) in [5.41, 5.74) is 1.12. The molecule has 37 heavy (non-hydrogen) atoms. The molecule has 3 aromatic carbocycles. The van der Waals surface area contributed by atoms with Gasteiger partial charge >= 0.3 is 0 Å². The van der Waals surface area contributed by atoms with Crippen LogP contribution in [0.4, 0.5) is 10.1 Å². The predicted octanol–water partition coefficient (Wildman–Crippen LogP) is 4.01. The Morgan fingerprint density at radius 1 is 0.865 bits per heavy atom. The first-order valence-electron chi connectivity index (χ1n) is 12.1. The molecule has 0 spiro atoms. The molecule has 0 aliphatic rings. The van der Waals surface area contributed by atoms with E-state index in [4.69, 9.17) is 0 Å². The standard InChI is InChI=1S/C28H32FN3O4S/c1-21(2)30-28(34)22(3)31(19-18-23-10-6-4-7-11-23)27(33)20-32(25-16-14-24(29)15-17-25)37(35,36)26-12-8-5-9-13-26/h4-17,21-22H,18-20H2,1-3H3,(H,30,34)/t22-/m1/s1. The molecule has 2 amide bonds. The van der Waals surface area contributed by atoms with E-state index < -0.39 is 34.3 Å². The summed E-state index contributed by atoms with van der Waals surface area (Å²) in [6.45, 7) is 4.91. The molecule has 0 bridgehead atoms. The first kappa shape index (κ1) is 27.9. The van der Waals surface area contributed by atoms with Crippen molar-refractivity contribution in [2.45, 2.75) is 44.2 Å². The number of halogens is 1. The largest absolute Gasteiger partial charge is 0.352 e. The highest BCUT2D eigenvalue weighted by Gasteiger charge is 2.32. The Hall–Kier alpha value is -3.72. The first-order chi connectivity index (χ1) is 17.6. The summed E-state index contributed by atoms with van der Waals surface area (Å²) >= 11 is 0. The molecule has 3 rings (SSSR count). The smallest absolute Gasteiger partial charge is 0.264 e. The Morgan fingerprint density at radius 2 is 1.43 bits per heavy atom. The molecule has 7 nitrogen and oxygen atoms in total. The summed E-state index contributed by atoms with van der Waals surface area (Å²) in [6, 6.07) is 21.2. The van der Waals surface area contributed by atoms with Crippen LogP contribution in [-0.2, 0) is 26.0 Å². The minimum Gasteiger partial charge on any atom is -0.352 e. The highest BCUT2D eigenvalue weighted by molar-refractivity contribution is 7.92. The zero-order valence-electron chi connectivity index (χ0n) is 21.2. The number of sulfonamides is 1. The van der Waals surface area contributed by atoms with Crippen molar-refractivity contribution in [3.63, 3.8) is 0 Å². The average Bonchev–Trinajstić information content (AvgIpc) is 2.88. The molecule has 1 atom stereocenters. The summed E-state index contributed by atoms with van der Waals surface area (Å²) in [5.74, 6) is -1.42. The molecule has 0 aromatic heterocycles. The molecule has 3 aromatic rings. The second kappa shape index (κ2) is 12.5. The Kier molecular flexibility index (Phi) is 9.41. The van der Waals surface area contributed by atoms with E-state index in [-0.39, 0.29) is 29.1 Å². The number of nitrogens with zero attached hydrogens (tertiary/aromatic N) is 2. The van der Waals surface area contributed by atoms with Crippen molar-refractivity contribution >= 4 is 27.5 Å². The summed E-state index contributed by atoms with van der Waals surface area (Å²) in [6.07, 6.45) is 0.480. The summed E-state index contributed by atoms with van der Waals surface area (Å²) < 4.78 is 41.8. The number of carbonyl (C=O) groups is 2. The first-order valence-corrected chi connectivity index (χ1v) is 13.5. The number of anilines is 1. The maximum absolute atomic E-state index is 13.7. The zero-order chi connectivity index (χ0) is 27.0. The second-order valence-corrected chi connectivity index (χ2v) is 10.8. The molecule has 196 valence electrons. The molecule has 0 saturated carbocycles. The molecule has 0 radical (unpaired) electrons. The van der Waals surface area contributed by atoms with Crippen molar-refractivity contribution in [2.24, 2.45) is 0 Å². The monoisotopic (exact) mass is 525 g/mol. The van der Waals surface area contributed by atoms with Crippen LogP contribution in [0, 0.1) is 5.82 Å². The van der Waals surface area contributed by atoms with Crippen LogP contribution in [0.1, 0.15) is 26.3 Å². The highest BCUT2D eigenvalue weighted by Crippen LogP contribution is 2.24. The van der Waals surface area contributed by atoms with Gasteiger partial charge in [-0.1, -0.05) is 48.5 Å². The molecule has 1 N–H and O–H groups in total. The molecular formula is C28H32FN3O4S. The van der Waals surface area contributed by atoms with Gasteiger partial charge in [0, 0.05) is 12.6 Å². The number of hydrogen-bond donors (Lipinski definition) is 1. The topological polar surface area (TPSA) is 86.8 Å². The summed E-state index contributed by atoms with van der Waals surface area (Å²) in [4.78, 5) is 27.9. The summed E-state index contributed by atoms with van der Waals surface area (Å²) in [7, 11) is -4.16. The van der Waals surface area contributed by atoms with Crippen LogP contribution in [-0.4, -0.2) is 50.3 Å². The predicted molar refractivity (Wildman–Crippen MR) is 142 cm³/mol. The van der Waals surface area contributed by atoms with Crippen molar-refractivity contribution in [1.82, 2.24) is 10.2 Å². The highest BCUT2D eigenvalue weighted by atomic mass is 32.2. The zero-order valence-corrected chi connectivity index (χ0v) is 22.0. The van der Waals surface area contributed by atoms with Crippen LogP contribution in [0.3, 0.4) is 0 Å². The molecule has 0 heterocycles. The van der Waals surface area contributed by atoms with E-state index in [1.165, 1.54) is 29.2 Å². The minimum atomic E-state index is -4.16. The molecule has 0 aliphatic heterocycles. The maximum atomic E-state index is 13.7. The van der Waals surface area contributed by atoms with E-state index in [9.17, 15) is 22.4 Å². The lowest BCUT2D eigenvalue weighted by molar-refractivity contribution is -0.139. The fourth-order valence-corrected chi connectivity index (χ4v) is 5.27. The van der Waals surface area contributed by atoms with Crippen LogP contribution in [0.2, 0.25) is 0 Å². The third-order valence-electron chi connectivity index (χ3n) is 5.81. The van der Waals surface area contributed by atoms with Gasteiger partial charge in [-0.2, -0.15) is 0 Å². The average molecular weight is 526 g/mol. The van der Waals surface area contributed by atoms with Crippen molar-refractivity contribution in [2.75, 3.05) is 17.4 Å². The number of rotatable bonds is 11. The van der Waals surface area contributed by atoms with Gasteiger partial charge in [-0.15, -0.1) is 0 Å². The fraction of sp³-hybridized carbons (Fsp3) is 0.286. The van der Waals surface area contributed by atoms with Crippen molar-refractivity contribution in [3.05, 3.63) is 96.3 Å². The lowest BCUT2D eigenvalue weighted by atomic mass is 10.1. The number of carbonyl (C=O) groups excluding carboxylic acids is 2. The molecule has 0 aliphatic carbocycles. The molecule has 0 fully saturated rings. The summed E-state index contributed by atoms with van der Waals surface area (Å²) in [5, 5.41) is 2.82. The Labute approximate surface area is 218 Å². The Balaban J connectivity index is 1.95. The van der Waals surface area contributed by atoms with Gasteiger partial charge in [-0.3, -0.25) is 13.9 Å². The SMILES string of the molecule is CC(C)NC(=O)[C@@H](C)N(CCc1ccccc1)C(=O)CN(c1ccc(F)cc1)S(=O)(=O)c1ccccc1. The van der Waals surface area contributed by atoms with Crippen molar-refractivity contribution in [1.29, 1.82) is 0 Å². The maximum Gasteiger partial charge on any atom is 0.264 e. The van der Waals surface area contributed by atoms with Gasteiger partial charge in [-0.25, -0.2) is 12.8 Å². The minimum absolute atomic E-state index is 0.00596. The van der Waals surface area contributed by atoms with Crippen LogP contribution in [0.15, 0.2) is 89.8 Å². The Bertz CT molecular complexity index is 1280. The molecule has 0 saturated heterocycles. The van der Waals surface area contributed by atoms with E-state index in [1.807, 2.05) is 44.2 Å². The van der Waals surface area contributed by atoms with Crippen LogP contribution in [0.5, 0.6) is 0 Å². The third-order valence-corrected chi connectivity index (χ3v) is 7.60. The number of benzene rings is 3. The third kappa shape index (κ3) is 7.39. The molecule has 0 unspecified atom stereocenters. The lowest BCUT2D eigenvalue weighted by Gasteiger charge is -2.32. The van der Waals surface area contributed by atoms with Crippen LogP contribution >= 0.6 is 0 Å². The van der Waals surface area contributed by atoms with E-state index >= 15 is 0 Å². The van der Waals surface area contributed by atoms with Gasteiger partial charge in [0.25, 0.3) is 10.0 Å². The van der Waals surface area contributed by atoms with Gasteiger partial charge in [0.2, 0.25) is 11.8 Å². The Morgan fingerprint density at radius 3 is 2.00 bits per heavy atom. The van der Waals surface area contributed by atoms with Gasteiger partial charge < -0.3 is 10.2 Å². The van der Waals surface area contributed by atoms with E-state index in [1.54, 1.807) is 25.1 Å². The normalized spacial score (nSPS) is 12.1. The van der Waals surface area contributed by atoms with Crippen molar-refractivity contribution < 1.29 is 22.4 Å². The van der Waals surface area contributed by atoms with Crippen LogP contribution in [0.25, 0.3) is 0 Å². The second-order valence-electron chi connectivity index (χ2n) is 8.96. The number of nitrogens with one attached hydrogen (secondary N) is 1.